The Bertz CT molecular complexity index is 803. The molecule has 2 aromatic carbocycles. The number of ether oxygens (including phenoxy) is 3. The number of hydrazone groups is 1. The molecule has 0 saturated carbocycles. The Hall–Kier alpha value is -3.02. The topological polar surface area (TPSA) is 69.2 Å². The van der Waals surface area contributed by atoms with Crippen LogP contribution in [0.5, 0.6) is 17.2 Å². The van der Waals surface area contributed by atoms with Gasteiger partial charge in [0.2, 0.25) is 5.91 Å². The summed E-state index contributed by atoms with van der Waals surface area (Å²) < 4.78 is 15.7. The molecule has 0 bridgehead atoms. The largest absolute Gasteiger partial charge is 0.497 e. The van der Waals surface area contributed by atoms with E-state index in [0.29, 0.717) is 17.9 Å². The third-order valence-corrected chi connectivity index (χ3v) is 4.23. The van der Waals surface area contributed by atoms with Crippen LogP contribution in [0, 0.1) is 6.92 Å². The van der Waals surface area contributed by atoms with Crippen LogP contribution in [-0.4, -0.2) is 33.5 Å². The number of aryl methyl sites for hydroxylation is 2. The van der Waals surface area contributed by atoms with Gasteiger partial charge < -0.3 is 14.2 Å². The van der Waals surface area contributed by atoms with E-state index in [0.717, 1.165) is 29.7 Å². The van der Waals surface area contributed by atoms with Crippen LogP contribution in [0.1, 0.15) is 29.5 Å². The molecule has 0 heterocycles. The van der Waals surface area contributed by atoms with Crippen molar-refractivity contribution in [2.45, 2.75) is 26.2 Å². The molecular weight excluding hydrogens is 344 g/mol. The number of nitrogens with zero attached hydrogens (tertiary/aromatic N) is 1. The third kappa shape index (κ3) is 6.02. The Morgan fingerprint density at radius 1 is 1.04 bits per heavy atom. The standard InChI is InChI=1S/C21H26N2O4/c1-15-12-18(25-2)9-8-16(15)6-5-7-21(24)23-22-14-17-13-19(26-3)10-11-20(17)27-4/h8-14H,5-7H2,1-4H3,(H,23,24)/b22-14-. The van der Waals surface area contributed by atoms with Crippen LogP contribution in [0.15, 0.2) is 41.5 Å². The molecule has 2 aromatic rings. The summed E-state index contributed by atoms with van der Waals surface area (Å²) in [5, 5.41) is 4.01. The number of hydrogen-bond donors (Lipinski definition) is 1. The number of carbonyl (C=O) groups is 1. The molecule has 0 aromatic heterocycles. The average Bonchev–Trinajstić information content (AvgIpc) is 2.69. The Kier molecular flexibility index (Phi) is 7.67. The summed E-state index contributed by atoms with van der Waals surface area (Å²) in [4.78, 5) is 12.0. The molecule has 0 aliphatic carbocycles. The molecule has 0 radical (unpaired) electrons. The number of amides is 1. The van der Waals surface area contributed by atoms with Gasteiger partial charge in [-0.2, -0.15) is 5.10 Å². The number of nitrogens with one attached hydrogen (secondary N) is 1. The highest BCUT2D eigenvalue weighted by Gasteiger charge is 2.05. The average molecular weight is 370 g/mol. The van der Waals surface area contributed by atoms with Crippen molar-refractivity contribution in [2.75, 3.05) is 21.3 Å². The van der Waals surface area contributed by atoms with Gasteiger partial charge in [-0.15, -0.1) is 0 Å². The quantitative estimate of drug-likeness (QED) is 0.542. The summed E-state index contributed by atoms with van der Waals surface area (Å²) in [5.41, 5.74) is 5.66. The first-order valence-corrected chi connectivity index (χ1v) is 8.74. The van der Waals surface area contributed by atoms with Crippen molar-refractivity contribution < 1.29 is 19.0 Å². The second kappa shape index (κ2) is 10.2. The van der Waals surface area contributed by atoms with Gasteiger partial charge in [0.25, 0.3) is 0 Å². The molecule has 2 rings (SSSR count). The maximum atomic E-state index is 12.0. The highest BCUT2D eigenvalue weighted by Crippen LogP contribution is 2.22. The van der Waals surface area contributed by atoms with Crippen LogP contribution in [-0.2, 0) is 11.2 Å². The van der Waals surface area contributed by atoms with Gasteiger partial charge >= 0.3 is 0 Å². The summed E-state index contributed by atoms with van der Waals surface area (Å²) >= 11 is 0. The van der Waals surface area contributed by atoms with E-state index < -0.39 is 0 Å². The van der Waals surface area contributed by atoms with E-state index in [9.17, 15) is 4.79 Å². The predicted molar refractivity (Wildman–Crippen MR) is 106 cm³/mol. The van der Waals surface area contributed by atoms with E-state index in [-0.39, 0.29) is 5.91 Å². The fourth-order valence-corrected chi connectivity index (χ4v) is 2.69. The predicted octanol–water partition coefficient (Wildman–Crippen LogP) is 3.49. The summed E-state index contributed by atoms with van der Waals surface area (Å²) in [6.45, 7) is 2.05. The van der Waals surface area contributed by atoms with E-state index >= 15 is 0 Å². The third-order valence-electron chi connectivity index (χ3n) is 4.23. The van der Waals surface area contributed by atoms with Crippen molar-refractivity contribution >= 4 is 12.1 Å². The summed E-state index contributed by atoms with van der Waals surface area (Å²) in [5.74, 6) is 2.07. The smallest absolute Gasteiger partial charge is 0.240 e. The van der Waals surface area contributed by atoms with E-state index in [4.69, 9.17) is 14.2 Å². The van der Waals surface area contributed by atoms with Gasteiger partial charge in [0.1, 0.15) is 17.2 Å². The molecule has 0 unspecified atom stereocenters. The maximum absolute atomic E-state index is 12.0. The lowest BCUT2D eigenvalue weighted by atomic mass is 10.0. The minimum atomic E-state index is -0.126. The minimum absolute atomic E-state index is 0.126. The number of rotatable bonds is 9. The lowest BCUT2D eigenvalue weighted by Gasteiger charge is -2.08. The second-order valence-electron chi connectivity index (χ2n) is 6.05. The van der Waals surface area contributed by atoms with Crippen LogP contribution < -0.4 is 19.6 Å². The summed E-state index contributed by atoms with van der Waals surface area (Å²) in [6, 6.07) is 11.4. The Labute approximate surface area is 160 Å². The van der Waals surface area contributed by atoms with Crippen LogP contribution in [0.4, 0.5) is 0 Å². The van der Waals surface area contributed by atoms with E-state index in [1.54, 1.807) is 45.7 Å². The van der Waals surface area contributed by atoms with Crippen LogP contribution in [0.3, 0.4) is 0 Å². The first-order valence-electron chi connectivity index (χ1n) is 8.74. The minimum Gasteiger partial charge on any atom is -0.497 e. The van der Waals surface area contributed by atoms with Gasteiger partial charge in [-0.05, 0) is 61.2 Å². The van der Waals surface area contributed by atoms with Gasteiger partial charge in [-0.1, -0.05) is 6.07 Å². The number of benzene rings is 2. The van der Waals surface area contributed by atoms with Gasteiger partial charge in [0.15, 0.2) is 0 Å². The van der Waals surface area contributed by atoms with Crippen molar-refractivity contribution in [2.24, 2.45) is 5.10 Å². The second-order valence-corrected chi connectivity index (χ2v) is 6.05. The molecule has 144 valence electrons. The number of methoxy groups -OCH3 is 3. The first kappa shape index (κ1) is 20.3. The Balaban J connectivity index is 1.83. The normalized spacial score (nSPS) is 10.7. The lowest BCUT2D eigenvalue weighted by molar-refractivity contribution is -0.121. The van der Waals surface area contributed by atoms with E-state index in [2.05, 4.69) is 10.5 Å². The zero-order chi connectivity index (χ0) is 19.6. The molecule has 6 nitrogen and oxygen atoms in total. The van der Waals surface area contributed by atoms with Crippen molar-refractivity contribution in [1.82, 2.24) is 5.43 Å². The number of carbonyl (C=O) groups excluding carboxylic acids is 1. The molecule has 6 heteroatoms. The molecule has 0 saturated heterocycles. The van der Waals surface area contributed by atoms with E-state index in [1.165, 1.54) is 5.56 Å². The van der Waals surface area contributed by atoms with Crippen molar-refractivity contribution in [1.29, 1.82) is 0 Å². The van der Waals surface area contributed by atoms with Crippen LogP contribution in [0.2, 0.25) is 0 Å². The molecule has 0 atom stereocenters. The molecular formula is C21H26N2O4. The van der Waals surface area contributed by atoms with Gasteiger partial charge in [0.05, 0.1) is 27.5 Å². The first-order chi connectivity index (χ1) is 13.1. The molecule has 27 heavy (non-hydrogen) atoms. The van der Waals surface area contributed by atoms with Gasteiger partial charge in [-0.3, -0.25) is 4.79 Å². The highest BCUT2D eigenvalue weighted by atomic mass is 16.5. The molecule has 1 N–H and O–H groups in total. The summed E-state index contributed by atoms with van der Waals surface area (Å²) in [7, 11) is 4.83. The van der Waals surface area contributed by atoms with Gasteiger partial charge in [0, 0.05) is 12.0 Å². The van der Waals surface area contributed by atoms with E-state index in [1.807, 2.05) is 25.1 Å². The van der Waals surface area contributed by atoms with Crippen molar-refractivity contribution in [3.05, 3.63) is 53.1 Å². The molecule has 1 amide bonds. The van der Waals surface area contributed by atoms with Gasteiger partial charge in [-0.25, -0.2) is 5.43 Å². The molecule has 0 aliphatic rings. The molecule has 0 aliphatic heterocycles. The van der Waals surface area contributed by atoms with Crippen molar-refractivity contribution in [3.8, 4) is 17.2 Å². The fourth-order valence-electron chi connectivity index (χ4n) is 2.69. The molecule has 0 fully saturated rings. The van der Waals surface area contributed by atoms with Crippen LogP contribution in [0.25, 0.3) is 0 Å². The molecule has 0 spiro atoms. The Morgan fingerprint density at radius 3 is 2.41 bits per heavy atom. The fraction of sp³-hybridized carbons (Fsp3) is 0.333. The lowest BCUT2D eigenvalue weighted by Crippen LogP contribution is -2.17. The SMILES string of the molecule is COc1ccc(CCCC(=O)N/N=C\c2cc(OC)ccc2OC)c(C)c1. The highest BCUT2D eigenvalue weighted by molar-refractivity contribution is 5.85. The maximum Gasteiger partial charge on any atom is 0.240 e. The van der Waals surface area contributed by atoms with Crippen molar-refractivity contribution in [3.63, 3.8) is 0 Å². The van der Waals surface area contributed by atoms with Crippen LogP contribution >= 0.6 is 0 Å². The zero-order valence-corrected chi connectivity index (χ0v) is 16.2. The monoisotopic (exact) mass is 370 g/mol. The summed E-state index contributed by atoms with van der Waals surface area (Å²) in [6.07, 6.45) is 3.53. The number of hydrogen-bond acceptors (Lipinski definition) is 5. The Morgan fingerprint density at radius 2 is 1.74 bits per heavy atom. The zero-order valence-electron chi connectivity index (χ0n) is 16.2.